The number of rotatable bonds is 5. The molecule has 1 aliphatic carbocycles. The molecule has 0 saturated heterocycles. The Morgan fingerprint density at radius 3 is 2.81 bits per heavy atom. The smallest absolute Gasteiger partial charge is 0.258 e. The van der Waals surface area contributed by atoms with Gasteiger partial charge in [0.2, 0.25) is 0 Å². The third kappa shape index (κ3) is 3.80. The molecule has 0 amide bonds. The molecular formula is C26H25N4OS. The maximum Gasteiger partial charge on any atom is 0.258 e. The number of fused-ring (bicyclic) bond motifs is 2. The molecule has 1 radical (unpaired) electrons. The van der Waals surface area contributed by atoms with Gasteiger partial charge in [-0.2, -0.15) is 0 Å². The third-order valence-electron chi connectivity index (χ3n) is 6.23. The molecule has 4 heterocycles. The molecule has 3 aromatic heterocycles. The van der Waals surface area contributed by atoms with Crippen molar-refractivity contribution in [1.82, 2.24) is 19.3 Å². The lowest BCUT2D eigenvalue weighted by Crippen LogP contribution is -2.29. The predicted octanol–water partition coefficient (Wildman–Crippen LogP) is 5.15. The highest BCUT2D eigenvalue weighted by Crippen LogP contribution is 2.28. The van der Waals surface area contributed by atoms with Crippen molar-refractivity contribution in [2.24, 2.45) is 0 Å². The summed E-state index contributed by atoms with van der Waals surface area (Å²) in [5.74, 6) is 0. The molecule has 0 N–H and O–H groups in total. The van der Waals surface area contributed by atoms with E-state index in [0.29, 0.717) is 11.3 Å². The second-order valence-corrected chi connectivity index (χ2v) is 9.71. The summed E-state index contributed by atoms with van der Waals surface area (Å²) in [4.78, 5) is 24.7. The first-order chi connectivity index (χ1) is 15.6. The molecule has 6 rings (SSSR count). The van der Waals surface area contributed by atoms with Crippen molar-refractivity contribution in [2.75, 3.05) is 19.6 Å². The molecule has 0 atom stereocenters. The summed E-state index contributed by atoms with van der Waals surface area (Å²) >= 11 is 1.66. The summed E-state index contributed by atoms with van der Waals surface area (Å²) in [7, 11) is 0. The number of benzene rings is 1. The highest BCUT2D eigenvalue weighted by Gasteiger charge is 2.16. The Labute approximate surface area is 191 Å². The SMILES string of the molecule is Cc1nc2ccc(-c3cc(=O)n4cc(C5=CCN(CCC6=C[CH]6)CC5)ccc4n3)cc2s1.[HH]. The van der Waals surface area contributed by atoms with Gasteiger partial charge in [-0.3, -0.25) is 14.1 Å². The monoisotopic (exact) mass is 441 g/mol. The second-order valence-electron chi connectivity index (χ2n) is 8.48. The largest absolute Gasteiger partial charge is 0.299 e. The van der Waals surface area contributed by atoms with E-state index in [1.165, 1.54) is 11.1 Å². The fourth-order valence-electron chi connectivity index (χ4n) is 4.33. The summed E-state index contributed by atoms with van der Waals surface area (Å²) < 4.78 is 2.78. The Morgan fingerprint density at radius 2 is 2.00 bits per heavy atom. The van der Waals surface area contributed by atoms with Crippen LogP contribution in [0.3, 0.4) is 0 Å². The van der Waals surface area contributed by atoms with E-state index in [9.17, 15) is 4.79 Å². The number of aryl methyl sites for hydroxylation is 1. The van der Waals surface area contributed by atoms with Gasteiger partial charge in [0.05, 0.1) is 20.9 Å². The second kappa shape index (κ2) is 7.80. The maximum atomic E-state index is 13.0. The highest BCUT2D eigenvalue weighted by atomic mass is 32.1. The summed E-state index contributed by atoms with van der Waals surface area (Å²) in [5, 5.41) is 1.04. The molecule has 1 aliphatic heterocycles. The zero-order chi connectivity index (χ0) is 21.7. The van der Waals surface area contributed by atoms with Crippen LogP contribution >= 0.6 is 11.3 Å². The minimum Gasteiger partial charge on any atom is -0.299 e. The van der Waals surface area contributed by atoms with Crippen molar-refractivity contribution < 1.29 is 1.43 Å². The van der Waals surface area contributed by atoms with Crippen molar-refractivity contribution in [3.05, 3.63) is 87.7 Å². The van der Waals surface area contributed by atoms with Crippen LogP contribution in [0.5, 0.6) is 0 Å². The molecule has 5 nitrogen and oxygen atoms in total. The van der Waals surface area contributed by atoms with Gasteiger partial charge >= 0.3 is 0 Å². The summed E-state index contributed by atoms with van der Waals surface area (Å²) in [6.07, 6.45) is 10.8. The number of aromatic nitrogens is 3. The van der Waals surface area contributed by atoms with Crippen LogP contribution in [-0.2, 0) is 0 Å². The van der Waals surface area contributed by atoms with Crippen molar-refractivity contribution in [2.45, 2.75) is 19.8 Å². The van der Waals surface area contributed by atoms with E-state index in [0.717, 1.165) is 58.8 Å². The van der Waals surface area contributed by atoms with E-state index in [4.69, 9.17) is 4.98 Å². The number of hydrogen-bond acceptors (Lipinski definition) is 5. The Hall–Kier alpha value is -3.09. The average Bonchev–Trinajstić information content (AvgIpc) is 3.56. The van der Waals surface area contributed by atoms with Gasteiger partial charge in [0, 0.05) is 45.3 Å². The Balaban J connectivity index is 0.00000228. The van der Waals surface area contributed by atoms with E-state index in [1.54, 1.807) is 21.8 Å². The average molecular weight is 442 g/mol. The van der Waals surface area contributed by atoms with Gasteiger partial charge in [-0.1, -0.05) is 23.8 Å². The summed E-state index contributed by atoms with van der Waals surface area (Å²) in [6.45, 7) is 5.14. The fraction of sp³-hybridized carbons (Fsp3) is 0.231. The van der Waals surface area contributed by atoms with E-state index >= 15 is 0 Å². The molecule has 0 fully saturated rings. The first-order valence-electron chi connectivity index (χ1n) is 11.0. The number of nitrogens with zero attached hydrogens (tertiary/aromatic N) is 4. The van der Waals surface area contributed by atoms with Crippen molar-refractivity contribution in [1.29, 1.82) is 0 Å². The number of allylic oxidation sites excluding steroid dienone is 1. The van der Waals surface area contributed by atoms with Crippen LogP contribution in [0.2, 0.25) is 0 Å². The van der Waals surface area contributed by atoms with Crippen LogP contribution in [0.25, 0.3) is 32.7 Å². The fourth-order valence-corrected chi connectivity index (χ4v) is 5.20. The maximum absolute atomic E-state index is 13.0. The molecular weight excluding hydrogens is 416 g/mol. The standard InChI is InChI=1S/C26H23N4OS.H2/c1-17-27-22-6-4-20(14-24(22)32-17)23-15-26(31)30-16-21(5-7-25(30)28-23)19-9-12-29(13-10-19)11-8-18-2-3-18;/h2-7,9,14-16H,8,10-13H2,1H3;1H. The molecule has 0 bridgehead atoms. The number of hydrogen-bond donors (Lipinski definition) is 0. The first kappa shape index (κ1) is 19.6. The van der Waals surface area contributed by atoms with Gasteiger partial charge in [0.25, 0.3) is 5.56 Å². The topological polar surface area (TPSA) is 50.5 Å². The van der Waals surface area contributed by atoms with E-state index < -0.39 is 0 Å². The van der Waals surface area contributed by atoms with Crippen LogP contribution in [0.15, 0.2) is 65.1 Å². The molecule has 2 aliphatic rings. The van der Waals surface area contributed by atoms with Crippen molar-refractivity contribution >= 4 is 32.8 Å². The first-order valence-corrected chi connectivity index (χ1v) is 11.8. The van der Waals surface area contributed by atoms with Crippen LogP contribution in [0.1, 0.15) is 24.8 Å². The molecule has 1 aromatic carbocycles. The normalized spacial score (nSPS) is 16.4. The minimum absolute atomic E-state index is 0. The molecule has 161 valence electrons. The lowest BCUT2D eigenvalue weighted by molar-refractivity contribution is 0.307. The van der Waals surface area contributed by atoms with Gasteiger partial charge in [-0.15, -0.1) is 11.3 Å². The molecule has 0 unspecified atom stereocenters. The van der Waals surface area contributed by atoms with Crippen LogP contribution in [0, 0.1) is 13.3 Å². The molecule has 0 saturated carbocycles. The highest BCUT2D eigenvalue weighted by molar-refractivity contribution is 7.18. The molecule has 6 heteroatoms. The zero-order valence-electron chi connectivity index (χ0n) is 17.9. The summed E-state index contributed by atoms with van der Waals surface area (Å²) in [6, 6.07) is 11.7. The number of thiazole rings is 1. The Bertz CT molecular complexity index is 1480. The van der Waals surface area contributed by atoms with Gasteiger partial charge < -0.3 is 0 Å². The molecule has 32 heavy (non-hydrogen) atoms. The third-order valence-corrected chi connectivity index (χ3v) is 7.17. The number of pyridine rings is 1. The van der Waals surface area contributed by atoms with Gasteiger partial charge in [-0.25, -0.2) is 9.97 Å². The van der Waals surface area contributed by atoms with Crippen molar-refractivity contribution in [3.8, 4) is 11.3 Å². The minimum atomic E-state index is -0.0561. The Morgan fingerprint density at radius 1 is 1.12 bits per heavy atom. The quantitative estimate of drug-likeness (QED) is 0.430. The van der Waals surface area contributed by atoms with Crippen LogP contribution in [-0.4, -0.2) is 38.9 Å². The van der Waals surface area contributed by atoms with E-state index in [2.05, 4.69) is 40.6 Å². The summed E-state index contributed by atoms with van der Waals surface area (Å²) in [5.41, 5.74) is 7.13. The van der Waals surface area contributed by atoms with Crippen molar-refractivity contribution in [3.63, 3.8) is 0 Å². The van der Waals surface area contributed by atoms with Gasteiger partial charge in [0.1, 0.15) is 5.65 Å². The lowest BCUT2D eigenvalue weighted by Gasteiger charge is -2.26. The Kier molecular flexibility index (Phi) is 4.77. The van der Waals surface area contributed by atoms with Gasteiger partial charge in [0.15, 0.2) is 0 Å². The van der Waals surface area contributed by atoms with E-state index in [1.807, 2.05) is 31.3 Å². The van der Waals surface area contributed by atoms with Crippen LogP contribution < -0.4 is 5.56 Å². The predicted molar refractivity (Wildman–Crippen MR) is 133 cm³/mol. The lowest BCUT2D eigenvalue weighted by atomic mass is 10.0. The zero-order valence-corrected chi connectivity index (χ0v) is 18.7. The van der Waals surface area contributed by atoms with E-state index in [-0.39, 0.29) is 6.99 Å². The molecule has 0 spiro atoms. The molecule has 4 aromatic rings. The van der Waals surface area contributed by atoms with Gasteiger partial charge in [-0.05, 0) is 55.2 Å². The van der Waals surface area contributed by atoms with Crippen LogP contribution in [0.4, 0.5) is 0 Å².